The number of pyridine rings is 1. The third-order valence-corrected chi connectivity index (χ3v) is 4.09. The average molecular weight is 334 g/mol. The maximum absolute atomic E-state index is 5.72. The zero-order chi connectivity index (χ0) is 14.8. The van der Waals surface area contributed by atoms with Crippen LogP contribution in [0.25, 0.3) is 0 Å². The van der Waals surface area contributed by atoms with Gasteiger partial charge in [0.15, 0.2) is 0 Å². The number of aromatic nitrogens is 1. The van der Waals surface area contributed by atoms with Gasteiger partial charge in [0, 0.05) is 16.4 Å². The Morgan fingerprint density at radius 2 is 2.00 bits per heavy atom. The van der Waals surface area contributed by atoms with Crippen LogP contribution in [0, 0.1) is 6.92 Å². The van der Waals surface area contributed by atoms with Crippen molar-refractivity contribution in [1.82, 2.24) is 4.98 Å². The zero-order valence-corrected chi connectivity index (χ0v) is 13.7. The van der Waals surface area contributed by atoms with Gasteiger partial charge in [-0.05, 0) is 30.2 Å². The van der Waals surface area contributed by atoms with Crippen LogP contribution in [0.4, 0.5) is 11.5 Å². The fraction of sp³-hybridized carbons (Fsp3) is 0.312. The normalized spacial score (nSPS) is 11.4. The van der Waals surface area contributed by atoms with E-state index in [2.05, 4.69) is 58.3 Å². The number of hydrogen-bond donors (Lipinski definition) is 2. The first-order valence-electron chi connectivity index (χ1n) is 6.61. The quantitative estimate of drug-likeness (QED) is 0.884. The molecule has 0 bridgehead atoms. The minimum absolute atomic E-state index is 0.00437. The van der Waals surface area contributed by atoms with Crippen molar-refractivity contribution in [2.24, 2.45) is 0 Å². The fourth-order valence-electron chi connectivity index (χ4n) is 2.19. The van der Waals surface area contributed by atoms with E-state index in [1.54, 1.807) is 6.20 Å². The van der Waals surface area contributed by atoms with Crippen molar-refractivity contribution in [3.05, 3.63) is 52.1 Å². The molecule has 1 aromatic heterocycles. The molecule has 0 saturated heterocycles. The van der Waals surface area contributed by atoms with Crippen molar-refractivity contribution in [2.45, 2.75) is 26.2 Å². The summed E-state index contributed by atoms with van der Waals surface area (Å²) >= 11 is 3.62. The SMILES string of the molecule is Cc1cc(N)cnc1NCC(C)(C)c1ccccc1Br. The topological polar surface area (TPSA) is 50.9 Å². The van der Waals surface area contributed by atoms with Gasteiger partial charge in [-0.25, -0.2) is 4.98 Å². The molecule has 3 nitrogen and oxygen atoms in total. The molecule has 0 atom stereocenters. The van der Waals surface area contributed by atoms with E-state index in [-0.39, 0.29) is 5.41 Å². The highest BCUT2D eigenvalue weighted by molar-refractivity contribution is 9.10. The van der Waals surface area contributed by atoms with E-state index in [4.69, 9.17) is 5.73 Å². The number of nitrogens with two attached hydrogens (primary N) is 1. The number of hydrogen-bond acceptors (Lipinski definition) is 3. The van der Waals surface area contributed by atoms with E-state index in [0.717, 1.165) is 22.4 Å². The largest absolute Gasteiger partial charge is 0.397 e. The van der Waals surface area contributed by atoms with Crippen molar-refractivity contribution >= 4 is 27.4 Å². The van der Waals surface area contributed by atoms with Gasteiger partial charge in [0.2, 0.25) is 0 Å². The maximum atomic E-state index is 5.72. The minimum Gasteiger partial charge on any atom is -0.397 e. The molecule has 20 heavy (non-hydrogen) atoms. The van der Waals surface area contributed by atoms with Crippen LogP contribution in [0.3, 0.4) is 0 Å². The van der Waals surface area contributed by atoms with Gasteiger partial charge >= 0.3 is 0 Å². The first kappa shape index (κ1) is 14.9. The van der Waals surface area contributed by atoms with Gasteiger partial charge in [-0.1, -0.05) is 48.0 Å². The number of anilines is 2. The summed E-state index contributed by atoms with van der Waals surface area (Å²) in [6, 6.07) is 10.2. The van der Waals surface area contributed by atoms with Crippen LogP contribution in [0.15, 0.2) is 41.0 Å². The van der Waals surface area contributed by atoms with Crippen LogP contribution >= 0.6 is 15.9 Å². The number of nitrogens with zero attached hydrogens (tertiary/aromatic N) is 1. The lowest BCUT2D eigenvalue weighted by atomic mass is 9.84. The smallest absolute Gasteiger partial charge is 0.129 e. The van der Waals surface area contributed by atoms with E-state index < -0.39 is 0 Å². The second-order valence-electron chi connectivity index (χ2n) is 5.65. The van der Waals surface area contributed by atoms with Crippen LogP contribution in [-0.2, 0) is 5.41 Å². The Hall–Kier alpha value is -1.55. The molecule has 0 spiro atoms. The lowest BCUT2D eigenvalue weighted by Crippen LogP contribution is -2.28. The molecule has 2 rings (SSSR count). The second kappa shape index (κ2) is 5.83. The summed E-state index contributed by atoms with van der Waals surface area (Å²) in [5.74, 6) is 0.888. The summed E-state index contributed by atoms with van der Waals surface area (Å²) in [5.41, 5.74) is 8.75. The Labute approximate surface area is 128 Å². The predicted octanol–water partition coefficient (Wildman–Crippen LogP) is 4.12. The Morgan fingerprint density at radius 1 is 1.30 bits per heavy atom. The molecule has 0 amide bonds. The highest BCUT2D eigenvalue weighted by Crippen LogP contribution is 2.30. The molecule has 0 unspecified atom stereocenters. The number of aryl methyl sites for hydroxylation is 1. The van der Waals surface area contributed by atoms with Crippen molar-refractivity contribution < 1.29 is 0 Å². The van der Waals surface area contributed by atoms with Gasteiger partial charge in [0.05, 0.1) is 11.9 Å². The molecule has 0 radical (unpaired) electrons. The van der Waals surface area contributed by atoms with Crippen molar-refractivity contribution in [3.8, 4) is 0 Å². The molecule has 1 aromatic carbocycles. The van der Waals surface area contributed by atoms with Crippen molar-refractivity contribution in [3.63, 3.8) is 0 Å². The monoisotopic (exact) mass is 333 g/mol. The molecular weight excluding hydrogens is 314 g/mol. The zero-order valence-electron chi connectivity index (χ0n) is 12.1. The second-order valence-corrected chi connectivity index (χ2v) is 6.51. The molecule has 106 valence electrons. The molecule has 1 heterocycles. The number of benzene rings is 1. The van der Waals surface area contributed by atoms with Crippen LogP contribution in [0.1, 0.15) is 25.0 Å². The first-order valence-corrected chi connectivity index (χ1v) is 7.40. The van der Waals surface area contributed by atoms with E-state index in [0.29, 0.717) is 5.69 Å². The van der Waals surface area contributed by atoms with Crippen LogP contribution in [0.2, 0.25) is 0 Å². The molecule has 4 heteroatoms. The Morgan fingerprint density at radius 3 is 2.65 bits per heavy atom. The molecule has 0 aliphatic rings. The van der Waals surface area contributed by atoms with Gasteiger partial charge in [-0.2, -0.15) is 0 Å². The van der Waals surface area contributed by atoms with Gasteiger partial charge in [0.1, 0.15) is 5.82 Å². The summed E-state index contributed by atoms with van der Waals surface area (Å²) in [6.45, 7) is 7.24. The molecule has 0 saturated carbocycles. The van der Waals surface area contributed by atoms with Crippen molar-refractivity contribution in [2.75, 3.05) is 17.6 Å². The third kappa shape index (κ3) is 3.31. The maximum Gasteiger partial charge on any atom is 0.129 e. The Balaban J connectivity index is 2.15. The van der Waals surface area contributed by atoms with Crippen molar-refractivity contribution in [1.29, 1.82) is 0 Å². The van der Waals surface area contributed by atoms with Crippen LogP contribution in [0.5, 0.6) is 0 Å². The molecule has 3 N–H and O–H groups in total. The molecule has 0 aliphatic carbocycles. The third-order valence-electron chi connectivity index (χ3n) is 3.40. The number of rotatable bonds is 4. The van der Waals surface area contributed by atoms with E-state index in [1.807, 2.05) is 19.1 Å². The summed E-state index contributed by atoms with van der Waals surface area (Å²) in [5, 5.41) is 3.42. The summed E-state index contributed by atoms with van der Waals surface area (Å²) in [7, 11) is 0. The minimum atomic E-state index is -0.00437. The average Bonchev–Trinajstić information content (AvgIpc) is 2.38. The number of nitrogens with one attached hydrogen (secondary N) is 1. The van der Waals surface area contributed by atoms with Crippen LogP contribution < -0.4 is 11.1 Å². The van der Waals surface area contributed by atoms with E-state index in [1.165, 1.54) is 5.56 Å². The first-order chi connectivity index (χ1) is 9.40. The highest BCUT2D eigenvalue weighted by atomic mass is 79.9. The Kier molecular flexibility index (Phi) is 4.33. The van der Waals surface area contributed by atoms with E-state index in [9.17, 15) is 0 Å². The number of nitrogen functional groups attached to an aromatic ring is 1. The standard InChI is InChI=1S/C16H20BrN3/c1-11-8-12(18)9-19-15(11)20-10-16(2,3)13-6-4-5-7-14(13)17/h4-9H,10,18H2,1-3H3,(H,19,20). The Bertz CT molecular complexity index is 608. The van der Waals surface area contributed by atoms with Gasteiger partial charge in [0.25, 0.3) is 0 Å². The number of halogens is 1. The van der Waals surface area contributed by atoms with Gasteiger partial charge in [-0.3, -0.25) is 0 Å². The summed E-state index contributed by atoms with van der Waals surface area (Å²) < 4.78 is 1.13. The van der Waals surface area contributed by atoms with Gasteiger partial charge in [-0.15, -0.1) is 0 Å². The summed E-state index contributed by atoms with van der Waals surface area (Å²) in [4.78, 5) is 4.35. The van der Waals surface area contributed by atoms with E-state index >= 15 is 0 Å². The molecular formula is C16H20BrN3. The molecule has 0 fully saturated rings. The highest BCUT2D eigenvalue weighted by Gasteiger charge is 2.23. The van der Waals surface area contributed by atoms with Crippen LogP contribution in [-0.4, -0.2) is 11.5 Å². The lowest BCUT2D eigenvalue weighted by molar-refractivity contribution is 0.553. The molecule has 0 aliphatic heterocycles. The summed E-state index contributed by atoms with van der Waals surface area (Å²) in [6.07, 6.45) is 1.68. The lowest BCUT2D eigenvalue weighted by Gasteiger charge is -2.27. The fourth-order valence-corrected chi connectivity index (χ4v) is 3.01. The molecule has 2 aromatic rings. The van der Waals surface area contributed by atoms with Gasteiger partial charge < -0.3 is 11.1 Å². The predicted molar refractivity (Wildman–Crippen MR) is 89.0 cm³/mol.